The molecule has 138 valence electrons. The van der Waals surface area contributed by atoms with Gasteiger partial charge in [-0.1, -0.05) is 51.2 Å². The highest BCUT2D eigenvalue weighted by Crippen LogP contribution is 2.25. The predicted molar refractivity (Wildman–Crippen MR) is 95.7 cm³/mol. The summed E-state index contributed by atoms with van der Waals surface area (Å²) in [5.74, 6) is 0.343. The van der Waals surface area contributed by atoms with Crippen molar-refractivity contribution in [3.05, 3.63) is 29.8 Å². The molecule has 5 nitrogen and oxygen atoms in total. The van der Waals surface area contributed by atoms with Crippen LogP contribution in [0.1, 0.15) is 64.9 Å². The van der Waals surface area contributed by atoms with Crippen LogP contribution in [0.3, 0.4) is 0 Å². The molecular weight excluding hydrogens is 328 g/mol. The summed E-state index contributed by atoms with van der Waals surface area (Å²) in [5, 5.41) is -2.09. The Morgan fingerprint density at radius 3 is 2.12 bits per heavy atom. The summed E-state index contributed by atoms with van der Waals surface area (Å²) < 4.78 is 42.7. The Morgan fingerprint density at radius 1 is 1.00 bits per heavy atom. The molecule has 0 radical (unpaired) electrons. The van der Waals surface area contributed by atoms with Gasteiger partial charge in [-0.15, -0.1) is 0 Å². The maximum atomic E-state index is 11.5. The lowest BCUT2D eigenvalue weighted by molar-refractivity contribution is -0.105. The summed E-state index contributed by atoms with van der Waals surface area (Å²) in [6, 6.07) is 7.24. The zero-order valence-electron chi connectivity index (χ0n) is 15.0. The number of ether oxygens (including phenoxy) is 2. The molecule has 24 heavy (non-hydrogen) atoms. The first-order valence-electron chi connectivity index (χ1n) is 8.71. The quantitative estimate of drug-likeness (QED) is 0.337. The van der Waals surface area contributed by atoms with E-state index in [4.69, 9.17) is 9.47 Å². The maximum Gasteiger partial charge on any atom is 0.337 e. The number of hydrogen-bond donors (Lipinski definition) is 1. The van der Waals surface area contributed by atoms with Crippen LogP contribution in [0.4, 0.5) is 0 Å². The zero-order valence-corrected chi connectivity index (χ0v) is 15.8. The van der Waals surface area contributed by atoms with E-state index in [0.29, 0.717) is 5.75 Å². The van der Waals surface area contributed by atoms with Gasteiger partial charge in [0.1, 0.15) is 5.75 Å². The highest BCUT2D eigenvalue weighted by Gasteiger charge is 2.41. The van der Waals surface area contributed by atoms with Gasteiger partial charge in [0.25, 0.3) is 0 Å². The lowest BCUT2D eigenvalue weighted by atomic mass is 10.0. The van der Waals surface area contributed by atoms with Crippen LogP contribution in [0.15, 0.2) is 24.3 Å². The minimum absolute atomic E-state index is 0.104. The van der Waals surface area contributed by atoms with Crippen LogP contribution in [0.25, 0.3) is 0 Å². The van der Waals surface area contributed by atoms with Crippen molar-refractivity contribution in [2.75, 3.05) is 6.61 Å². The number of aryl methyl sites for hydroxylation is 1. The van der Waals surface area contributed by atoms with Gasteiger partial charge in [0.05, 0.1) is 0 Å². The first kappa shape index (κ1) is 20.9. The van der Waals surface area contributed by atoms with Gasteiger partial charge in [0.2, 0.25) is 0 Å². The lowest BCUT2D eigenvalue weighted by Gasteiger charge is -2.26. The Bertz CT molecular complexity index is 568. The van der Waals surface area contributed by atoms with Gasteiger partial charge in [-0.05, 0) is 37.5 Å². The predicted octanol–water partition coefficient (Wildman–Crippen LogP) is 4.57. The van der Waals surface area contributed by atoms with Crippen LogP contribution in [0.5, 0.6) is 5.75 Å². The molecular formula is C18H30O5S. The van der Waals surface area contributed by atoms with Crippen LogP contribution < -0.4 is 4.74 Å². The molecule has 1 rings (SSSR count). The molecule has 0 bridgehead atoms. The van der Waals surface area contributed by atoms with E-state index in [1.54, 1.807) is 19.1 Å². The molecule has 0 fully saturated rings. The molecule has 0 aliphatic rings. The van der Waals surface area contributed by atoms with Gasteiger partial charge in [0.15, 0.2) is 0 Å². The van der Waals surface area contributed by atoms with Crippen molar-refractivity contribution in [3.8, 4) is 5.75 Å². The largest absolute Gasteiger partial charge is 0.447 e. The smallest absolute Gasteiger partial charge is 0.337 e. The van der Waals surface area contributed by atoms with E-state index in [-0.39, 0.29) is 6.61 Å². The van der Waals surface area contributed by atoms with E-state index < -0.39 is 15.2 Å². The molecule has 0 saturated heterocycles. The molecule has 6 heteroatoms. The fourth-order valence-corrected chi connectivity index (χ4v) is 2.93. The third-order valence-electron chi connectivity index (χ3n) is 3.92. The molecule has 1 aromatic carbocycles. The first-order chi connectivity index (χ1) is 11.3. The van der Waals surface area contributed by atoms with E-state index in [9.17, 15) is 13.0 Å². The van der Waals surface area contributed by atoms with E-state index in [1.807, 2.05) is 12.1 Å². The van der Waals surface area contributed by atoms with Gasteiger partial charge in [-0.25, -0.2) is 0 Å². The third kappa shape index (κ3) is 6.79. The number of unbranched alkanes of at least 4 members (excludes halogenated alkanes) is 5. The lowest BCUT2D eigenvalue weighted by Crippen LogP contribution is -2.43. The Kier molecular flexibility index (Phi) is 8.73. The maximum absolute atomic E-state index is 11.5. The van der Waals surface area contributed by atoms with Crippen molar-refractivity contribution in [2.45, 2.75) is 70.8 Å². The Morgan fingerprint density at radius 2 is 1.58 bits per heavy atom. The van der Waals surface area contributed by atoms with Crippen molar-refractivity contribution < 1.29 is 22.4 Å². The first-order valence-corrected chi connectivity index (χ1v) is 10.2. The molecule has 0 spiro atoms. The molecule has 0 aromatic heterocycles. The summed E-state index contributed by atoms with van der Waals surface area (Å²) in [5.41, 5.74) is 1.18. The summed E-state index contributed by atoms with van der Waals surface area (Å²) in [6.07, 6.45) is 8.50. The SMILES string of the molecule is CCCCCCCCc1ccc(OC(C)(OCC)S(=O)(=O)O)cc1. The van der Waals surface area contributed by atoms with Gasteiger partial charge in [-0.2, -0.15) is 8.42 Å². The van der Waals surface area contributed by atoms with Crippen LogP contribution in [0, 0.1) is 0 Å². The molecule has 1 N–H and O–H groups in total. The molecule has 1 atom stereocenters. The molecule has 0 saturated carbocycles. The van der Waals surface area contributed by atoms with Crippen molar-refractivity contribution in [1.29, 1.82) is 0 Å². The van der Waals surface area contributed by atoms with Crippen molar-refractivity contribution in [1.82, 2.24) is 0 Å². The van der Waals surface area contributed by atoms with E-state index in [2.05, 4.69) is 6.92 Å². The fourth-order valence-electron chi connectivity index (χ4n) is 2.47. The highest BCUT2D eigenvalue weighted by molar-refractivity contribution is 7.86. The van der Waals surface area contributed by atoms with Crippen molar-refractivity contribution in [3.63, 3.8) is 0 Å². The van der Waals surface area contributed by atoms with Gasteiger partial charge in [-0.3, -0.25) is 4.55 Å². The van der Waals surface area contributed by atoms with Crippen molar-refractivity contribution >= 4 is 10.1 Å². The van der Waals surface area contributed by atoms with Gasteiger partial charge in [0, 0.05) is 13.5 Å². The topological polar surface area (TPSA) is 72.8 Å². The Labute approximate surface area is 146 Å². The Balaban J connectivity index is 2.54. The molecule has 0 aliphatic carbocycles. The zero-order chi connectivity index (χ0) is 18.1. The highest BCUT2D eigenvalue weighted by atomic mass is 32.2. The average molecular weight is 359 g/mol. The van der Waals surface area contributed by atoms with Gasteiger partial charge >= 0.3 is 15.2 Å². The van der Waals surface area contributed by atoms with E-state index in [0.717, 1.165) is 12.8 Å². The molecule has 0 aliphatic heterocycles. The summed E-state index contributed by atoms with van der Waals surface area (Å²) in [7, 11) is -4.50. The average Bonchev–Trinajstić information content (AvgIpc) is 2.51. The van der Waals surface area contributed by atoms with E-state index >= 15 is 0 Å². The normalized spacial score (nSPS) is 14.3. The summed E-state index contributed by atoms with van der Waals surface area (Å²) >= 11 is 0. The van der Waals surface area contributed by atoms with Crippen LogP contribution in [0.2, 0.25) is 0 Å². The van der Waals surface area contributed by atoms with Crippen molar-refractivity contribution in [2.24, 2.45) is 0 Å². The number of hydrogen-bond acceptors (Lipinski definition) is 4. The molecule has 1 aromatic rings. The van der Waals surface area contributed by atoms with Crippen LogP contribution in [-0.4, -0.2) is 24.7 Å². The minimum Gasteiger partial charge on any atom is -0.447 e. The van der Waals surface area contributed by atoms with Gasteiger partial charge < -0.3 is 9.47 Å². The second-order valence-electron chi connectivity index (χ2n) is 6.03. The molecule has 1 unspecified atom stereocenters. The third-order valence-corrected chi connectivity index (χ3v) is 5.06. The second kappa shape index (κ2) is 10.0. The second-order valence-corrected chi connectivity index (χ2v) is 7.73. The van der Waals surface area contributed by atoms with Crippen LogP contribution >= 0.6 is 0 Å². The number of rotatable bonds is 12. The van der Waals surface area contributed by atoms with Crippen LogP contribution in [-0.2, 0) is 21.3 Å². The van der Waals surface area contributed by atoms with E-state index in [1.165, 1.54) is 44.6 Å². The fraction of sp³-hybridized carbons (Fsp3) is 0.667. The summed E-state index contributed by atoms with van der Waals surface area (Å²) in [6.45, 7) is 5.14. The molecule has 0 heterocycles. The standard InChI is InChI=1S/C18H30O5S/c1-4-6-7-8-9-10-11-16-12-14-17(15-13-16)23-18(3,22-5-2)24(19,20)21/h12-15H,4-11H2,1-3H3,(H,19,20,21). The summed E-state index contributed by atoms with van der Waals surface area (Å²) in [4.78, 5) is 0. The Hall–Kier alpha value is -1.11. The minimum atomic E-state index is -4.50. The number of benzene rings is 1. The molecule has 0 amide bonds. The monoisotopic (exact) mass is 358 g/mol.